The summed E-state index contributed by atoms with van der Waals surface area (Å²) in [7, 11) is -5.90. The SMILES string of the molecule is Nc1nc2c(ncn2[C@@H]2C[C@H](COP(=O)(O)O[C@H]3[C@@H](O)[C@H](n4cnc5c(N)ncnc54)O[C@@H]3COPO)[C@@H](O)[C@H]2CC=O)c(=O)[nH]1. The fraction of sp³-hybridized carbons (Fsp3) is 0.522. The number of hydrogen-bond acceptors (Lipinski definition) is 17. The van der Waals surface area contributed by atoms with Crippen LogP contribution < -0.4 is 17.0 Å². The number of aromatic amines is 1. The summed E-state index contributed by atoms with van der Waals surface area (Å²) < 4.78 is 37.7. The zero-order valence-corrected chi connectivity index (χ0v) is 25.5. The molecule has 21 nitrogen and oxygen atoms in total. The van der Waals surface area contributed by atoms with Gasteiger partial charge in [0, 0.05) is 24.3 Å². The number of phosphoric acid groups is 1. The Kier molecular flexibility index (Phi) is 9.14. The Morgan fingerprint density at radius 2 is 1.87 bits per heavy atom. The maximum absolute atomic E-state index is 13.2. The topological polar surface area (TPSA) is 311 Å². The van der Waals surface area contributed by atoms with E-state index in [0.29, 0.717) is 6.29 Å². The largest absolute Gasteiger partial charge is 0.472 e. The summed E-state index contributed by atoms with van der Waals surface area (Å²) in [6.07, 6.45) is -2.09. The first-order valence-electron chi connectivity index (χ1n) is 13.8. The predicted molar refractivity (Wildman–Crippen MR) is 157 cm³/mol. The number of nitrogens with zero attached hydrogens (tertiary/aromatic N) is 7. The molecular formula is C23H30N10O11P2. The number of phosphoric ester groups is 1. The van der Waals surface area contributed by atoms with Crippen LogP contribution in [0.4, 0.5) is 11.8 Å². The molecule has 0 amide bonds. The number of nitrogen functional groups attached to an aromatic ring is 2. The second-order valence-corrected chi connectivity index (χ2v) is 12.6. The fourth-order valence-electron chi connectivity index (χ4n) is 6.04. The summed E-state index contributed by atoms with van der Waals surface area (Å²) in [6, 6.07) is -0.596. The maximum Gasteiger partial charge on any atom is 0.472 e. The van der Waals surface area contributed by atoms with Gasteiger partial charge >= 0.3 is 7.82 Å². The van der Waals surface area contributed by atoms with Gasteiger partial charge in [0.15, 0.2) is 37.9 Å². The van der Waals surface area contributed by atoms with Crippen molar-refractivity contribution >= 4 is 57.2 Å². The lowest BCUT2D eigenvalue weighted by molar-refractivity contribution is -0.109. The zero-order valence-electron chi connectivity index (χ0n) is 23.6. The van der Waals surface area contributed by atoms with Gasteiger partial charge in [0.05, 0.1) is 32.0 Å². The van der Waals surface area contributed by atoms with Crippen molar-refractivity contribution in [1.82, 2.24) is 39.0 Å². The number of rotatable bonds is 12. The van der Waals surface area contributed by atoms with E-state index >= 15 is 0 Å². The number of aldehydes is 1. The van der Waals surface area contributed by atoms with Gasteiger partial charge in [0.25, 0.3) is 5.56 Å². The van der Waals surface area contributed by atoms with E-state index in [-0.39, 0.29) is 53.5 Å². The second-order valence-electron chi connectivity index (χ2n) is 10.8. The molecule has 4 aromatic rings. The number of aromatic nitrogens is 8. The number of imidazole rings is 2. The molecule has 6 rings (SSSR count). The molecule has 0 aromatic carbocycles. The number of aliphatic hydroxyl groups excluding tert-OH is 2. The lowest BCUT2D eigenvalue weighted by Gasteiger charge is -2.24. The quantitative estimate of drug-likeness (QED) is 0.0661. The summed E-state index contributed by atoms with van der Waals surface area (Å²) in [5.41, 5.74) is 11.6. The third-order valence-electron chi connectivity index (χ3n) is 8.13. The third kappa shape index (κ3) is 6.02. The van der Waals surface area contributed by atoms with Gasteiger partial charge in [-0.25, -0.2) is 24.5 Å². The van der Waals surface area contributed by atoms with Crippen molar-refractivity contribution in [2.75, 3.05) is 24.7 Å². The smallest absolute Gasteiger partial charge is 0.392 e. The predicted octanol–water partition coefficient (Wildman–Crippen LogP) is -1.47. The average Bonchev–Trinajstić information content (AvgIpc) is 3.77. The van der Waals surface area contributed by atoms with Crippen molar-refractivity contribution in [1.29, 1.82) is 0 Å². The molecule has 1 aliphatic heterocycles. The van der Waals surface area contributed by atoms with E-state index < -0.39 is 77.5 Å². The molecule has 1 aliphatic carbocycles. The van der Waals surface area contributed by atoms with E-state index in [9.17, 15) is 34.2 Å². The van der Waals surface area contributed by atoms with Gasteiger partial charge in [0.1, 0.15) is 36.4 Å². The van der Waals surface area contributed by atoms with Gasteiger partial charge in [-0.15, -0.1) is 0 Å². The van der Waals surface area contributed by atoms with Crippen molar-refractivity contribution in [2.24, 2.45) is 11.8 Å². The van der Waals surface area contributed by atoms with E-state index in [1.165, 1.54) is 28.1 Å². The highest BCUT2D eigenvalue weighted by molar-refractivity contribution is 7.47. The number of carbonyl (C=O) groups excluding carboxylic acids is 1. The summed E-state index contributed by atoms with van der Waals surface area (Å²) in [6.45, 7) is -0.814. The average molecular weight is 685 g/mol. The van der Waals surface area contributed by atoms with Crippen LogP contribution in [0.5, 0.6) is 0 Å². The van der Waals surface area contributed by atoms with Crippen LogP contribution in [-0.2, 0) is 27.7 Å². The van der Waals surface area contributed by atoms with Gasteiger partial charge in [-0.3, -0.25) is 23.4 Å². The molecule has 2 aliphatic rings. The number of carbonyl (C=O) groups is 1. The Hall–Kier alpha value is -3.49. The molecule has 248 valence electrons. The summed E-state index contributed by atoms with van der Waals surface area (Å²) in [4.78, 5) is 66.4. The first-order valence-corrected chi connectivity index (χ1v) is 16.1. The van der Waals surface area contributed by atoms with E-state index in [4.69, 9.17) is 29.8 Å². The number of ether oxygens (including phenoxy) is 1. The third-order valence-corrected chi connectivity index (χ3v) is 9.41. The minimum Gasteiger partial charge on any atom is -0.392 e. The molecular weight excluding hydrogens is 654 g/mol. The van der Waals surface area contributed by atoms with Gasteiger partial charge < -0.3 is 50.1 Å². The second kappa shape index (κ2) is 13.0. The number of H-pyrrole nitrogens is 1. The van der Waals surface area contributed by atoms with Crippen LogP contribution in [0.3, 0.4) is 0 Å². The van der Waals surface area contributed by atoms with Gasteiger partial charge in [0.2, 0.25) is 5.95 Å². The molecule has 0 bridgehead atoms. The van der Waals surface area contributed by atoms with E-state index in [1.54, 1.807) is 0 Å². The number of aliphatic hydroxyl groups is 2. The van der Waals surface area contributed by atoms with Crippen LogP contribution in [0, 0.1) is 11.8 Å². The fourth-order valence-corrected chi connectivity index (χ4v) is 7.29. The van der Waals surface area contributed by atoms with Crippen LogP contribution in [0.2, 0.25) is 0 Å². The Morgan fingerprint density at radius 3 is 2.63 bits per heavy atom. The number of nitrogens with two attached hydrogens (primary N) is 2. The van der Waals surface area contributed by atoms with Crippen molar-refractivity contribution in [3.05, 3.63) is 29.3 Å². The molecule has 1 saturated heterocycles. The molecule has 10 atom stereocenters. The molecule has 1 saturated carbocycles. The first kappa shape index (κ1) is 32.5. The van der Waals surface area contributed by atoms with Gasteiger partial charge in [-0.2, -0.15) is 4.98 Å². The normalized spacial score (nSPS) is 29.7. The van der Waals surface area contributed by atoms with Crippen LogP contribution in [0.1, 0.15) is 25.1 Å². The van der Waals surface area contributed by atoms with E-state index in [0.717, 1.165) is 0 Å². The molecule has 46 heavy (non-hydrogen) atoms. The Balaban J connectivity index is 1.18. The maximum atomic E-state index is 13.2. The molecule has 5 heterocycles. The van der Waals surface area contributed by atoms with E-state index in [2.05, 4.69) is 29.9 Å². The summed E-state index contributed by atoms with van der Waals surface area (Å²) in [5.74, 6) is -1.52. The van der Waals surface area contributed by atoms with Crippen molar-refractivity contribution in [3.8, 4) is 0 Å². The Morgan fingerprint density at radius 1 is 1.11 bits per heavy atom. The molecule has 4 aromatic heterocycles. The molecule has 9 N–H and O–H groups in total. The van der Waals surface area contributed by atoms with Gasteiger partial charge in [-0.05, 0) is 6.42 Å². The Bertz CT molecular complexity index is 1840. The van der Waals surface area contributed by atoms with Crippen LogP contribution in [0.25, 0.3) is 22.3 Å². The molecule has 0 spiro atoms. The Labute approximate surface area is 259 Å². The standard InChI is InChI=1S/C23H30N10O11P2/c24-18-13-19(27-6-26-18)33(8-28-13)22-16(36)17(12(43-22)5-41-45-38)44-46(39,40)42-4-9-3-11(10(1-2-34)15(9)35)32-7-29-14-20(32)30-23(25)31-21(14)37/h2,6-12,15-17,22,35-36,38,45H,1,3-5H2,(H,39,40)(H2,24,26,27)(H3,25,30,31,37)/t9-,10+,11-,12-,15-,16-,17-,22-/m1/s1. The summed E-state index contributed by atoms with van der Waals surface area (Å²) in [5, 5.41) is 22.3. The highest BCUT2D eigenvalue weighted by Crippen LogP contribution is 2.51. The number of nitrogens with one attached hydrogen (secondary N) is 1. The zero-order chi connectivity index (χ0) is 32.7. The lowest BCUT2D eigenvalue weighted by atomic mass is 9.97. The monoisotopic (exact) mass is 684 g/mol. The summed E-state index contributed by atoms with van der Waals surface area (Å²) >= 11 is 0. The molecule has 2 unspecified atom stereocenters. The number of hydrogen-bond donors (Lipinski definition) is 7. The number of fused-ring (bicyclic) bond motifs is 2. The van der Waals surface area contributed by atoms with Crippen molar-refractivity contribution in [2.45, 2.75) is 49.5 Å². The number of anilines is 2. The van der Waals surface area contributed by atoms with Crippen molar-refractivity contribution in [3.63, 3.8) is 0 Å². The van der Waals surface area contributed by atoms with Crippen LogP contribution in [-0.4, -0.2) is 103 Å². The molecule has 23 heteroatoms. The highest BCUT2D eigenvalue weighted by Gasteiger charge is 2.50. The molecule has 0 radical (unpaired) electrons. The van der Waals surface area contributed by atoms with Crippen LogP contribution in [0.15, 0.2) is 23.8 Å². The first-order chi connectivity index (χ1) is 22.0. The minimum atomic E-state index is -4.95. The minimum absolute atomic E-state index is 0.0111. The van der Waals surface area contributed by atoms with Gasteiger partial charge in [-0.1, -0.05) is 0 Å². The highest BCUT2D eigenvalue weighted by atomic mass is 31.2. The van der Waals surface area contributed by atoms with Crippen LogP contribution >= 0.6 is 16.9 Å². The van der Waals surface area contributed by atoms with E-state index in [1.807, 2.05) is 0 Å². The van der Waals surface area contributed by atoms with Crippen molar-refractivity contribution < 1.29 is 47.7 Å². The lowest BCUT2D eigenvalue weighted by Crippen LogP contribution is -2.36. The molecule has 2 fully saturated rings.